The average Bonchev–Trinajstić information content (AvgIpc) is 3.31. The van der Waals surface area contributed by atoms with E-state index < -0.39 is 0 Å². The summed E-state index contributed by atoms with van der Waals surface area (Å²) < 4.78 is 13.1. The van der Waals surface area contributed by atoms with Gasteiger partial charge in [0.05, 0.1) is 11.2 Å². The summed E-state index contributed by atoms with van der Waals surface area (Å²) in [4.78, 5) is 12.9. The van der Waals surface area contributed by atoms with Gasteiger partial charge in [0.2, 0.25) is 0 Å². The molecule has 2 aromatic heterocycles. The standard InChI is InChI=1S/C16H12FN3/c17-13-4-3-11-5-12(8-18-14(11)6-13)16-7-15(10-1-2-10)19-9-20-16/h3-10H,1-2H2. The number of benzene rings is 1. The van der Waals surface area contributed by atoms with Gasteiger partial charge in [-0.1, -0.05) is 0 Å². The molecule has 0 aliphatic heterocycles. The summed E-state index contributed by atoms with van der Waals surface area (Å²) >= 11 is 0. The van der Waals surface area contributed by atoms with Crippen molar-refractivity contribution in [2.75, 3.05) is 0 Å². The minimum absolute atomic E-state index is 0.268. The summed E-state index contributed by atoms with van der Waals surface area (Å²) in [6, 6.07) is 8.65. The zero-order chi connectivity index (χ0) is 13.5. The van der Waals surface area contributed by atoms with Gasteiger partial charge < -0.3 is 0 Å². The van der Waals surface area contributed by atoms with Crippen LogP contribution in [-0.2, 0) is 0 Å². The number of pyridine rings is 1. The van der Waals surface area contributed by atoms with Crippen molar-refractivity contribution in [1.29, 1.82) is 0 Å². The van der Waals surface area contributed by atoms with E-state index in [9.17, 15) is 4.39 Å². The molecule has 0 spiro atoms. The third-order valence-electron chi connectivity index (χ3n) is 3.63. The molecular formula is C16H12FN3. The van der Waals surface area contributed by atoms with E-state index in [0.717, 1.165) is 22.3 Å². The molecule has 98 valence electrons. The van der Waals surface area contributed by atoms with Crippen molar-refractivity contribution >= 4 is 10.9 Å². The first-order valence-corrected chi connectivity index (χ1v) is 6.67. The Morgan fingerprint density at radius 3 is 2.75 bits per heavy atom. The van der Waals surface area contributed by atoms with Crippen LogP contribution in [0.2, 0.25) is 0 Å². The molecule has 1 aliphatic rings. The van der Waals surface area contributed by atoms with Crippen molar-refractivity contribution < 1.29 is 4.39 Å². The van der Waals surface area contributed by atoms with E-state index in [0.29, 0.717) is 11.4 Å². The number of aromatic nitrogens is 3. The Hall–Kier alpha value is -2.36. The first kappa shape index (κ1) is 11.5. The van der Waals surface area contributed by atoms with Crippen LogP contribution < -0.4 is 0 Å². The minimum Gasteiger partial charge on any atom is -0.255 e. The number of hydrogen-bond acceptors (Lipinski definition) is 3. The molecule has 1 saturated carbocycles. The SMILES string of the molecule is Fc1ccc2cc(-c3cc(C4CC4)ncn3)cnc2c1. The van der Waals surface area contributed by atoms with Gasteiger partial charge in [-0.25, -0.2) is 14.4 Å². The summed E-state index contributed by atoms with van der Waals surface area (Å²) in [6.07, 6.45) is 5.77. The molecule has 0 N–H and O–H groups in total. The van der Waals surface area contributed by atoms with Gasteiger partial charge in [0.15, 0.2) is 0 Å². The molecule has 4 rings (SSSR count). The van der Waals surface area contributed by atoms with Crippen molar-refractivity contribution in [2.24, 2.45) is 0 Å². The molecule has 2 heterocycles. The molecule has 4 heteroatoms. The number of halogens is 1. The maximum Gasteiger partial charge on any atom is 0.125 e. The Balaban J connectivity index is 1.81. The molecule has 1 aromatic carbocycles. The van der Waals surface area contributed by atoms with Crippen molar-refractivity contribution in [3.05, 3.63) is 54.4 Å². The highest BCUT2D eigenvalue weighted by molar-refractivity contribution is 5.82. The van der Waals surface area contributed by atoms with Gasteiger partial charge in [0, 0.05) is 34.8 Å². The Bertz CT molecular complexity index is 797. The smallest absolute Gasteiger partial charge is 0.125 e. The molecule has 0 radical (unpaired) electrons. The predicted octanol–water partition coefficient (Wildman–Crippen LogP) is 3.71. The van der Waals surface area contributed by atoms with E-state index in [1.54, 1.807) is 18.6 Å². The van der Waals surface area contributed by atoms with Crippen LogP contribution in [0.25, 0.3) is 22.2 Å². The molecule has 3 nitrogen and oxygen atoms in total. The minimum atomic E-state index is -0.268. The maximum absolute atomic E-state index is 13.1. The van der Waals surface area contributed by atoms with Crippen LogP contribution in [-0.4, -0.2) is 15.0 Å². The normalized spacial score (nSPS) is 14.7. The highest BCUT2D eigenvalue weighted by atomic mass is 19.1. The third-order valence-corrected chi connectivity index (χ3v) is 3.63. The summed E-state index contributed by atoms with van der Waals surface area (Å²) in [6.45, 7) is 0. The lowest BCUT2D eigenvalue weighted by molar-refractivity contribution is 0.629. The molecule has 0 bridgehead atoms. The van der Waals surface area contributed by atoms with Crippen LogP contribution in [0, 0.1) is 5.82 Å². The van der Waals surface area contributed by atoms with Crippen LogP contribution in [0.4, 0.5) is 4.39 Å². The van der Waals surface area contributed by atoms with Crippen LogP contribution in [0.3, 0.4) is 0 Å². The van der Waals surface area contributed by atoms with Crippen LogP contribution in [0.15, 0.2) is 42.9 Å². The lowest BCUT2D eigenvalue weighted by Crippen LogP contribution is -1.92. The fourth-order valence-electron chi connectivity index (χ4n) is 2.37. The molecule has 1 fully saturated rings. The third kappa shape index (κ3) is 2.03. The molecular weight excluding hydrogens is 253 g/mol. The largest absolute Gasteiger partial charge is 0.255 e. The summed E-state index contributed by atoms with van der Waals surface area (Å²) in [5.41, 5.74) is 3.58. The van der Waals surface area contributed by atoms with Crippen molar-refractivity contribution in [2.45, 2.75) is 18.8 Å². The van der Waals surface area contributed by atoms with Gasteiger partial charge in [0.1, 0.15) is 12.1 Å². The van der Waals surface area contributed by atoms with Gasteiger partial charge in [-0.05, 0) is 37.1 Å². The first-order valence-electron chi connectivity index (χ1n) is 6.67. The first-order chi connectivity index (χ1) is 9.79. The predicted molar refractivity (Wildman–Crippen MR) is 74.7 cm³/mol. The fourth-order valence-corrected chi connectivity index (χ4v) is 2.37. The summed E-state index contributed by atoms with van der Waals surface area (Å²) in [5, 5.41) is 0.912. The zero-order valence-electron chi connectivity index (χ0n) is 10.8. The Morgan fingerprint density at radius 1 is 1.00 bits per heavy atom. The Labute approximate surface area is 115 Å². The molecule has 1 aliphatic carbocycles. The van der Waals surface area contributed by atoms with E-state index in [-0.39, 0.29) is 5.82 Å². The van der Waals surface area contributed by atoms with Gasteiger partial charge in [-0.2, -0.15) is 0 Å². The van der Waals surface area contributed by atoms with E-state index in [4.69, 9.17) is 0 Å². The lowest BCUT2D eigenvalue weighted by Gasteiger charge is -2.04. The number of rotatable bonds is 2. The maximum atomic E-state index is 13.1. The quantitative estimate of drug-likeness (QED) is 0.709. The topological polar surface area (TPSA) is 38.7 Å². The van der Waals surface area contributed by atoms with Crippen LogP contribution >= 0.6 is 0 Å². The Morgan fingerprint density at radius 2 is 1.90 bits per heavy atom. The summed E-state index contributed by atoms with van der Waals surface area (Å²) in [5.74, 6) is 0.329. The second-order valence-electron chi connectivity index (χ2n) is 5.16. The van der Waals surface area contributed by atoms with Gasteiger partial charge in [0.25, 0.3) is 0 Å². The zero-order valence-corrected chi connectivity index (χ0v) is 10.8. The highest BCUT2D eigenvalue weighted by Gasteiger charge is 2.25. The lowest BCUT2D eigenvalue weighted by atomic mass is 10.1. The Kier molecular flexibility index (Phi) is 2.49. The van der Waals surface area contributed by atoms with E-state index >= 15 is 0 Å². The van der Waals surface area contributed by atoms with Crippen molar-refractivity contribution in [3.63, 3.8) is 0 Å². The summed E-state index contributed by atoms with van der Waals surface area (Å²) in [7, 11) is 0. The van der Waals surface area contributed by atoms with Gasteiger partial charge in [-0.15, -0.1) is 0 Å². The van der Waals surface area contributed by atoms with Gasteiger partial charge >= 0.3 is 0 Å². The fraction of sp³-hybridized carbons (Fsp3) is 0.188. The number of fused-ring (bicyclic) bond motifs is 1. The number of nitrogens with zero attached hydrogens (tertiary/aromatic N) is 3. The molecule has 0 saturated heterocycles. The highest BCUT2D eigenvalue weighted by Crippen LogP contribution is 2.39. The van der Waals surface area contributed by atoms with Crippen molar-refractivity contribution in [3.8, 4) is 11.3 Å². The van der Waals surface area contributed by atoms with Crippen molar-refractivity contribution in [1.82, 2.24) is 15.0 Å². The van der Waals surface area contributed by atoms with Crippen LogP contribution in [0.1, 0.15) is 24.5 Å². The van der Waals surface area contributed by atoms with Crippen LogP contribution in [0.5, 0.6) is 0 Å². The second-order valence-corrected chi connectivity index (χ2v) is 5.16. The van der Waals surface area contributed by atoms with E-state index in [1.807, 2.05) is 12.1 Å². The molecule has 0 amide bonds. The molecule has 0 unspecified atom stereocenters. The molecule has 0 atom stereocenters. The average molecular weight is 265 g/mol. The molecule has 3 aromatic rings. The second kappa shape index (κ2) is 4.34. The molecule has 20 heavy (non-hydrogen) atoms. The van der Waals surface area contributed by atoms with E-state index in [2.05, 4.69) is 15.0 Å². The monoisotopic (exact) mass is 265 g/mol. The number of hydrogen-bond donors (Lipinski definition) is 0. The van der Waals surface area contributed by atoms with Gasteiger partial charge in [-0.3, -0.25) is 4.98 Å². The van der Waals surface area contributed by atoms with E-state index in [1.165, 1.54) is 25.0 Å².